The highest BCUT2D eigenvalue weighted by Crippen LogP contribution is 2.25. The number of rotatable bonds is 4. The van der Waals surface area contributed by atoms with Crippen molar-refractivity contribution in [2.75, 3.05) is 5.32 Å². The molecule has 0 aliphatic heterocycles. The summed E-state index contributed by atoms with van der Waals surface area (Å²) in [6, 6.07) is 7.90. The Morgan fingerprint density at radius 3 is 3.09 bits per heavy atom. The quantitative estimate of drug-likeness (QED) is 0.787. The minimum atomic E-state index is 0.229. The van der Waals surface area contributed by atoms with E-state index in [1.165, 1.54) is 0 Å². The van der Waals surface area contributed by atoms with Crippen LogP contribution < -0.4 is 5.32 Å². The molecule has 4 rings (SSSR count). The van der Waals surface area contributed by atoms with E-state index in [0.717, 1.165) is 35.2 Å². The number of fused-ring (bicyclic) bond motifs is 1. The molecule has 0 radical (unpaired) electrons. The summed E-state index contributed by atoms with van der Waals surface area (Å²) >= 11 is 1.60. The lowest BCUT2D eigenvalue weighted by Gasteiger charge is -2.15. The molecule has 1 aliphatic carbocycles. The second-order valence-electron chi connectivity index (χ2n) is 5.53. The number of hydrogen-bond donors (Lipinski definition) is 1. The van der Waals surface area contributed by atoms with Gasteiger partial charge in [0.15, 0.2) is 5.78 Å². The zero-order valence-corrected chi connectivity index (χ0v) is 13.2. The van der Waals surface area contributed by atoms with Crippen molar-refractivity contribution in [3.63, 3.8) is 0 Å². The van der Waals surface area contributed by atoms with Crippen molar-refractivity contribution in [1.29, 1.82) is 0 Å². The van der Waals surface area contributed by atoms with Crippen LogP contribution in [0.1, 0.15) is 34.7 Å². The van der Waals surface area contributed by atoms with Crippen LogP contribution in [0.15, 0.2) is 39.5 Å². The summed E-state index contributed by atoms with van der Waals surface area (Å²) in [6.45, 7) is 0.435. The number of nitrogens with one attached hydrogen (secondary N) is 1. The maximum absolute atomic E-state index is 12.0. The van der Waals surface area contributed by atoms with Gasteiger partial charge in [0, 0.05) is 28.6 Å². The van der Waals surface area contributed by atoms with Crippen molar-refractivity contribution in [2.45, 2.75) is 25.8 Å². The molecule has 0 saturated heterocycles. The van der Waals surface area contributed by atoms with Gasteiger partial charge in [-0.2, -0.15) is 16.3 Å². The predicted molar refractivity (Wildman–Crippen MR) is 88.6 cm³/mol. The van der Waals surface area contributed by atoms with Gasteiger partial charge in [-0.25, -0.2) is 0 Å². The number of carbonyl (C=O) groups excluding carboxylic acids is 1. The topological polar surface area (TPSA) is 68.0 Å². The fourth-order valence-corrected chi connectivity index (χ4v) is 3.39. The normalized spacial score (nSPS) is 13.8. The van der Waals surface area contributed by atoms with Crippen LogP contribution in [0.4, 0.5) is 5.69 Å². The van der Waals surface area contributed by atoms with E-state index in [1.54, 1.807) is 11.3 Å². The molecule has 6 heteroatoms. The van der Waals surface area contributed by atoms with E-state index in [9.17, 15) is 4.79 Å². The van der Waals surface area contributed by atoms with E-state index in [-0.39, 0.29) is 5.78 Å². The smallest absolute Gasteiger partial charge is 0.246 e. The molecular weight excluding hydrogens is 310 g/mol. The molecule has 0 amide bonds. The third-order valence-corrected chi connectivity index (χ3v) is 4.63. The third kappa shape index (κ3) is 2.90. The van der Waals surface area contributed by atoms with Gasteiger partial charge in [-0.15, -0.1) is 0 Å². The minimum absolute atomic E-state index is 0.229. The Hall–Kier alpha value is -2.47. The lowest BCUT2D eigenvalue weighted by atomic mass is 9.90. The van der Waals surface area contributed by atoms with Crippen molar-refractivity contribution in [3.05, 3.63) is 52.0 Å². The molecule has 3 aromatic rings. The van der Waals surface area contributed by atoms with Gasteiger partial charge >= 0.3 is 0 Å². The Morgan fingerprint density at radius 2 is 2.22 bits per heavy atom. The first-order valence-electron chi connectivity index (χ1n) is 7.55. The first-order chi connectivity index (χ1) is 11.3. The van der Waals surface area contributed by atoms with Crippen molar-refractivity contribution in [3.8, 4) is 11.4 Å². The summed E-state index contributed by atoms with van der Waals surface area (Å²) in [5, 5.41) is 11.2. The number of Topliss-reactive ketones (excluding diaryl/α,β-unsaturated/α-hetero) is 1. The summed E-state index contributed by atoms with van der Waals surface area (Å²) in [5.74, 6) is 1.35. The average molecular weight is 325 g/mol. The van der Waals surface area contributed by atoms with Crippen molar-refractivity contribution in [2.24, 2.45) is 0 Å². The first kappa shape index (κ1) is 14.1. The summed E-state index contributed by atoms with van der Waals surface area (Å²) in [6.07, 6.45) is 2.57. The lowest BCUT2D eigenvalue weighted by Crippen LogP contribution is -2.11. The molecule has 0 unspecified atom stereocenters. The van der Waals surface area contributed by atoms with Crippen molar-refractivity contribution >= 4 is 22.8 Å². The summed E-state index contributed by atoms with van der Waals surface area (Å²) in [5.41, 5.74) is 3.84. The van der Waals surface area contributed by atoms with Gasteiger partial charge in [0.05, 0.1) is 6.54 Å². The van der Waals surface area contributed by atoms with Crippen LogP contribution in [-0.4, -0.2) is 15.9 Å². The molecule has 1 aromatic carbocycles. The average Bonchev–Trinajstić information content (AvgIpc) is 3.25. The van der Waals surface area contributed by atoms with E-state index < -0.39 is 0 Å². The van der Waals surface area contributed by atoms with E-state index >= 15 is 0 Å². The van der Waals surface area contributed by atoms with Gasteiger partial charge in [0.1, 0.15) is 0 Å². The number of aryl methyl sites for hydroxylation is 1. The van der Waals surface area contributed by atoms with E-state index in [2.05, 4.69) is 15.5 Å². The monoisotopic (exact) mass is 325 g/mol. The number of ketones is 1. The summed E-state index contributed by atoms with van der Waals surface area (Å²) in [7, 11) is 0. The van der Waals surface area contributed by atoms with E-state index in [1.807, 2.05) is 35.0 Å². The fourth-order valence-electron chi connectivity index (χ4n) is 2.75. The zero-order valence-electron chi connectivity index (χ0n) is 12.4. The lowest BCUT2D eigenvalue weighted by molar-refractivity contribution is 0.0972. The standard InChI is InChI=1S/C17H15N3O2S/c21-15-3-1-2-11-4-5-13(8-14(11)15)18-9-16-19-17(20-22-16)12-6-7-23-10-12/h4-8,10,18H,1-3,9H2. The Kier molecular flexibility index (Phi) is 3.67. The molecule has 5 nitrogen and oxygen atoms in total. The van der Waals surface area contributed by atoms with Gasteiger partial charge in [-0.05, 0) is 42.0 Å². The highest BCUT2D eigenvalue weighted by Gasteiger charge is 2.17. The van der Waals surface area contributed by atoms with Crippen LogP contribution >= 0.6 is 11.3 Å². The Bertz CT molecular complexity index is 839. The number of benzene rings is 1. The van der Waals surface area contributed by atoms with Gasteiger partial charge in [0.2, 0.25) is 11.7 Å². The molecule has 0 spiro atoms. The summed E-state index contributed by atoms with van der Waals surface area (Å²) in [4.78, 5) is 16.3. The third-order valence-electron chi connectivity index (χ3n) is 3.95. The number of hydrogen-bond acceptors (Lipinski definition) is 6. The zero-order chi connectivity index (χ0) is 15.6. The Labute approximate surface area is 137 Å². The van der Waals surface area contributed by atoms with Gasteiger partial charge in [0.25, 0.3) is 0 Å². The van der Waals surface area contributed by atoms with Crippen LogP contribution in [0.2, 0.25) is 0 Å². The summed E-state index contributed by atoms with van der Waals surface area (Å²) < 4.78 is 5.26. The fraction of sp³-hybridized carbons (Fsp3) is 0.235. The van der Waals surface area contributed by atoms with Crippen molar-refractivity contribution in [1.82, 2.24) is 10.1 Å². The van der Waals surface area contributed by atoms with Crippen molar-refractivity contribution < 1.29 is 9.32 Å². The molecule has 116 valence electrons. The van der Waals surface area contributed by atoms with Crippen LogP contribution in [0.3, 0.4) is 0 Å². The maximum Gasteiger partial charge on any atom is 0.246 e. The first-order valence-corrected chi connectivity index (χ1v) is 8.49. The molecule has 1 N–H and O–H groups in total. The number of aromatic nitrogens is 2. The molecule has 0 bridgehead atoms. The van der Waals surface area contributed by atoms with Gasteiger partial charge in [-0.3, -0.25) is 4.79 Å². The number of nitrogens with zero attached hydrogens (tertiary/aromatic N) is 2. The van der Waals surface area contributed by atoms with E-state index in [0.29, 0.717) is 24.7 Å². The predicted octanol–water partition coefficient (Wildman–Crippen LogP) is 3.93. The number of anilines is 1. The molecular formula is C17H15N3O2S. The highest BCUT2D eigenvalue weighted by molar-refractivity contribution is 7.08. The Morgan fingerprint density at radius 1 is 1.26 bits per heavy atom. The van der Waals surface area contributed by atoms with Crippen LogP contribution in [0.25, 0.3) is 11.4 Å². The van der Waals surface area contributed by atoms with Crippen LogP contribution in [0, 0.1) is 0 Å². The largest absolute Gasteiger partial charge is 0.376 e. The number of thiophene rings is 1. The molecule has 0 saturated carbocycles. The maximum atomic E-state index is 12.0. The Balaban J connectivity index is 1.47. The van der Waals surface area contributed by atoms with Gasteiger partial charge < -0.3 is 9.84 Å². The molecule has 0 atom stereocenters. The molecule has 2 aromatic heterocycles. The van der Waals surface area contributed by atoms with Crippen LogP contribution in [0.5, 0.6) is 0 Å². The molecule has 1 aliphatic rings. The number of carbonyl (C=O) groups is 1. The highest BCUT2D eigenvalue weighted by atomic mass is 32.1. The van der Waals surface area contributed by atoms with E-state index in [4.69, 9.17) is 4.52 Å². The SMILES string of the molecule is O=C1CCCc2ccc(NCc3nc(-c4ccsc4)no3)cc21. The van der Waals surface area contributed by atoms with Crippen LogP contribution in [-0.2, 0) is 13.0 Å². The molecule has 0 fully saturated rings. The second-order valence-corrected chi connectivity index (χ2v) is 6.31. The second kappa shape index (κ2) is 5.96. The molecule has 2 heterocycles. The van der Waals surface area contributed by atoms with Gasteiger partial charge in [-0.1, -0.05) is 11.2 Å². The molecule has 23 heavy (non-hydrogen) atoms. The minimum Gasteiger partial charge on any atom is -0.376 e.